The van der Waals surface area contributed by atoms with Gasteiger partial charge in [-0.1, -0.05) is 36.0 Å². The van der Waals surface area contributed by atoms with Crippen molar-refractivity contribution in [1.82, 2.24) is 0 Å². The lowest BCUT2D eigenvalue weighted by Gasteiger charge is -2.13. The van der Waals surface area contributed by atoms with Gasteiger partial charge in [0.25, 0.3) is 10.0 Å². The fraction of sp³-hybridized carbons (Fsp3) is 0.167. The van der Waals surface area contributed by atoms with E-state index in [1.165, 1.54) is 19.1 Å². The second-order valence-electron chi connectivity index (χ2n) is 7.35. The van der Waals surface area contributed by atoms with Crippen LogP contribution in [0.5, 0.6) is 0 Å². The van der Waals surface area contributed by atoms with E-state index in [0.29, 0.717) is 11.3 Å². The van der Waals surface area contributed by atoms with Crippen LogP contribution in [0.15, 0.2) is 77.7 Å². The van der Waals surface area contributed by atoms with Gasteiger partial charge in [0.15, 0.2) is 10.9 Å². The fourth-order valence-electron chi connectivity index (χ4n) is 2.97. The van der Waals surface area contributed by atoms with E-state index in [-0.39, 0.29) is 21.5 Å². The van der Waals surface area contributed by atoms with Crippen molar-refractivity contribution in [3.8, 4) is 11.1 Å². The quantitative estimate of drug-likeness (QED) is 0.483. The Kier molecular flexibility index (Phi) is 7.37. The van der Waals surface area contributed by atoms with E-state index in [1.54, 1.807) is 36.4 Å². The number of hydrogen-bond acceptors (Lipinski definition) is 6. The van der Waals surface area contributed by atoms with Gasteiger partial charge in [0.05, 0.1) is 10.6 Å². The van der Waals surface area contributed by atoms with Crippen LogP contribution in [0, 0.1) is 0 Å². The first-order valence-corrected chi connectivity index (χ1v) is 12.3. The van der Waals surface area contributed by atoms with Gasteiger partial charge in [0.2, 0.25) is 0 Å². The predicted molar refractivity (Wildman–Crippen MR) is 131 cm³/mol. The molecule has 0 fully saturated rings. The molecule has 0 saturated heterocycles. The van der Waals surface area contributed by atoms with E-state index < -0.39 is 10.0 Å². The van der Waals surface area contributed by atoms with E-state index >= 15 is 0 Å². The third kappa shape index (κ3) is 5.99. The van der Waals surface area contributed by atoms with Crippen LogP contribution < -0.4 is 9.62 Å². The molecule has 8 heteroatoms. The molecular formula is C24H24N2O4S2. The first-order chi connectivity index (χ1) is 15.2. The van der Waals surface area contributed by atoms with Gasteiger partial charge in [0, 0.05) is 38.0 Å². The minimum atomic E-state index is -3.78. The molecule has 0 aliphatic rings. The summed E-state index contributed by atoms with van der Waals surface area (Å²) in [5.74, 6) is -0.126. The highest BCUT2D eigenvalue weighted by Crippen LogP contribution is 2.25. The SMILES string of the molecule is CC(=O)SCC(=O)c1ccc(NS(=O)(=O)c2ccc(-c3ccc(N(C)C)cc3)cc2)cc1. The van der Waals surface area contributed by atoms with Crippen molar-refractivity contribution in [2.75, 3.05) is 29.5 Å². The first kappa shape index (κ1) is 23.6. The number of ketones is 1. The molecule has 3 aromatic carbocycles. The van der Waals surface area contributed by atoms with E-state index in [2.05, 4.69) is 4.72 Å². The van der Waals surface area contributed by atoms with Crippen LogP contribution in [0.25, 0.3) is 11.1 Å². The van der Waals surface area contributed by atoms with Gasteiger partial charge in [-0.15, -0.1) is 0 Å². The molecule has 0 heterocycles. The van der Waals surface area contributed by atoms with Crippen molar-refractivity contribution < 1.29 is 18.0 Å². The summed E-state index contributed by atoms with van der Waals surface area (Å²) in [7, 11) is 0.171. The molecule has 0 amide bonds. The van der Waals surface area contributed by atoms with Gasteiger partial charge >= 0.3 is 0 Å². The van der Waals surface area contributed by atoms with Crippen LogP contribution in [-0.4, -0.2) is 39.2 Å². The summed E-state index contributed by atoms with van der Waals surface area (Å²) in [5.41, 5.74) is 3.77. The molecule has 32 heavy (non-hydrogen) atoms. The molecule has 0 saturated carbocycles. The highest BCUT2D eigenvalue weighted by atomic mass is 32.2. The number of thioether (sulfide) groups is 1. The minimum absolute atomic E-state index is 0.0601. The molecule has 0 aromatic heterocycles. The molecule has 0 aliphatic heterocycles. The average Bonchev–Trinajstić information content (AvgIpc) is 2.78. The highest BCUT2D eigenvalue weighted by Gasteiger charge is 2.15. The number of sulfonamides is 1. The van der Waals surface area contributed by atoms with Crippen LogP contribution in [0.3, 0.4) is 0 Å². The van der Waals surface area contributed by atoms with E-state index in [0.717, 1.165) is 28.6 Å². The van der Waals surface area contributed by atoms with Crippen LogP contribution in [0.1, 0.15) is 17.3 Å². The number of nitrogens with zero attached hydrogens (tertiary/aromatic N) is 1. The Balaban J connectivity index is 1.70. The molecule has 1 N–H and O–H groups in total. The molecule has 0 unspecified atom stereocenters. The Labute approximate surface area is 192 Å². The first-order valence-electron chi connectivity index (χ1n) is 9.83. The number of hydrogen-bond donors (Lipinski definition) is 1. The summed E-state index contributed by atoms with van der Waals surface area (Å²) < 4.78 is 28.0. The Morgan fingerprint density at radius 2 is 1.38 bits per heavy atom. The van der Waals surface area contributed by atoms with E-state index in [4.69, 9.17) is 0 Å². The fourth-order valence-corrected chi connectivity index (χ4v) is 4.53. The summed E-state index contributed by atoms with van der Waals surface area (Å²) in [4.78, 5) is 25.2. The Morgan fingerprint density at radius 1 is 0.844 bits per heavy atom. The predicted octanol–water partition coefficient (Wildman–Crippen LogP) is 4.68. The molecule has 0 bridgehead atoms. The number of Topliss-reactive ketones (excluding diaryl/α,β-unsaturated/α-hetero) is 1. The second kappa shape index (κ2) is 10.0. The summed E-state index contributed by atoms with van der Waals surface area (Å²) in [6.45, 7) is 1.41. The number of benzene rings is 3. The monoisotopic (exact) mass is 468 g/mol. The Morgan fingerprint density at radius 3 is 1.88 bits per heavy atom. The van der Waals surface area contributed by atoms with Gasteiger partial charge in [-0.25, -0.2) is 8.42 Å². The number of anilines is 2. The van der Waals surface area contributed by atoms with Gasteiger partial charge in [-0.3, -0.25) is 14.3 Å². The topological polar surface area (TPSA) is 83.5 Å². The normalized spacial score (nSPS) is 11.1. The lowest BCUT2D eigenvalue weighted by atomic mass is 10.1. The number of carbonyl (C=O) groups excluding carboxylic acids is 2. The van der Waals surface area contributed by atoms with Crippen molar-refractivity contribution in [2.24, 2.45) is 0 Å². The van der Waals surface area contributed by atoms with Crippen molar-refractivity contribution >= 4 is 44.1 Å². The molecule has 6 nitrogen and oxygen atoms in total. The van der Waals surface area contributed by atoms with E-state index in [1.807, 2.05) is 43.3 Å². The van der Waals surface area contributed by atoms with Gasteiger partial charge < -0.3 is 4.90 Å². The zero-order chi connectivity index (χ0) is 23.3. The summed E-state index contributed by atoms with van der Waals surface area (Å²) >= 11 is 0.945. The molecular weight excluding hydrogens is 444 g/mol. The molecule has 0 radical (unpaired) electrons. The second-order valence-corrected chi connectivity index (χ2v) is 10.2. The molecule has 3 rings (SSSR count). The van der Waals surface area contributed by atoms with Crippen LogP contribution >= 0.6 is 11.8 Å². The lowest BCUT2D eigenvalue weighted by Crippen LogP contribution is -2.13. The van der Waals surface area contributed by atoms with Crippen molar-refractivity contribution in [3.63, 3.8) is 0 Å². The van der Waals surface area contributed by atoms with Gasteiger partial charge in [-0.2, -0.15) is 0 Å². The summed E-state index contributed by atoms with van der Waals surface area (Å²) in [6, 6.07) is 20.8. The number of carbonyl (C=O) groups is 2. The van der Waals surface area contributed by atoms with Gasteiger partial charge in [-0.05, 0) is 59.7 Å². The lowest BCUT2D eigenvalue weighted by molar-refractivity contribution is -0.109. The number of nitrogens with one attached hydrogen (secondary N) is 1. The van der Waals surface area contributed by atoms with E-state index in [9.17, 15) is 18.0 Å². The molecule has 0 aliphatic carbocycles. The maximum absolute atomic E-state index is 12.7. The average molecular weight is 469 g/mol. The standard InChI is InChI=1S/C24H24N2O4S2/c1-17(27)31-16-24(28)20-4-10-21(11-5-20)25-32(29,30)23-14-8-19(9-15-23)18-6-12-22(13-7-18)26(2)3/h4-15,25H,16H2,1-3H3. The zero-order valence-electron chi connectivity index (χ0n) is 18.0. The van der Waals surface area contributed by atoms with Crippen molar-refractivity contribution in [3.05, 3.63) is 78.4 Å². The Bertz CT molecular complexity index is 1200. The summed E-state index contributed by atoms with van der Waals surface area (Å²) in [6.07, 6.45) is 0. The highest BCUT2D eigenvalue weighted by molar-refractivity contribution is 8.14. The zero-order valence-corrected chi connectivity index (χ0v) is 19.7. The molecule has 166 valence electrons. The maximum atomic E-state index is 12.7. The summed E-state index contributed by atoms with van der Waals surface area (Å²) in [5, 5.41) is -0.126. The maximum Gasteiger partial charge on any atom is 0.261 e. The van der Waals surface area contributed by atoms with Crippen LogP contribution in [0.2, 0.25) is 0 Å². The number of rotatable bonds is 8. The molecule has 0 atom stereocenters. The van der Waals surface area contributed by atoms with Crippen LogP contribution in [0.4, 0.5) is 11.4 Å². The van der Waals surface area contributed by atoms with Crippen LogP contribution in [-0.2, 0) is 14.8 Å². The van der Waals surface area contributed by atoms with Crippen molar-refractivity contribution in [1.29, 1.82) is 0 Å². The third-order valence-corrected chi connectivity index (χ3v) is 6.96. The van der Waals surface area contributed by atoms with Gasteiger partial charge in [0.1, 0.15) is 0 Å². The third-order valence-electron chi connectivity index (χ3n) is 4.75. The largest absolute Gasteiger partial charge is 0.378 e. The Hall–Kier alpha value is -3.10. The minimum Gasteiger partial charge on any atom is -0.378 e. The smallest absolute Gasteiger partial charge is 0.261 e. The molecule has 3 aromatic rings. The molecule has 0 spiro atoms. The van der Waals surface area contributed by atoms with Crippen molar-refractivity contribution in [2.45, 2.75) is 11.8 Å².